The van der Waals surface area contributed by atoms with Crippen LogP contribution in [0, 0.1) is 11.3 Å². The minimum atomic E-state index is -0.449. The molecule has 0 saturated carbocycles. The van der Waals surface area contributed by atoms with Crippen LogP contribution >= 0.6 is 0 Å². The van der Waals surface area contributed by atoms with Crippen molar-refractivity contribution in [1.82, 2.24) is 0 Å². The van der Waals surface area contributed by atoms with E-state index in [1.54, 1.807) is 19.9 Å². The van der Waals surface area contributed by atoms with E-state index in [1.807, 2.05) is 0 Å². The first-order valence-corrected chi connectivity index (χ1v) is 3.36. The summed E-state index contributed by atoms with van der Waals surface area (Å²) in [6, 6.07) is 1.68. The van der Waals surface area contributed by atoms with Gasteiger partial charge in [-0.3, -0.25) is 4.79 Å². The van der Waals surface area contributed by atoms with Gasteiger partial charge in [-0.2, -0.15) is 5.26 Å². The number of carbonyl (C=O) groups excluding carboxylic acids is 1. The summed E-state index contributed by atoms with van der Waals surface area (Å²) in [7, 11) is 0. The molecule has 0 atom stereocenters. The summed E-state index contributed by atoms with van der Waals surface area (Å²) in [6.07, 6.45) is -0.145. The molecular weight excluding hydrogens is 146 g/mol. The average Bonchev–Trinajstić information content (AvgIpc) is 1.90. The van der Waals surface area contributed by atoms with Crippen molar-refractivity contribution < 1.29 is 14.6 Å². The van der Waals surface area contributed by atoms with Crippen molar-refractivity contribution in [2.45, 2.75) is 20.3 Å². The van der Waals surface area contributed by atoms with E-state index in [0.29, 0.717) is 6.61 Å². The Kier molecular flexibility index (Phi) is 13.4. The molecule has 0 aliphatic rings. The van der Waals surface area contributed by atoms with Gasteiger partial charge >= 0.3 is 5.97 Å². The molecule has 0 aromatic rings. The third-order valence-corrected chi connectivity index (χ3v) is 0.529. The Bertz CT molecular complexity index is 128. The van der Waals surface area contributed by atoms with Gasteiger partial charge in [-0.25, -0.2) is 0 Å². The lowest BCUT2D eigenvalue weighted by atomic mass is 10.5. The molecule has 0 bridgehead atoms. The topological polar surface area (TPSA) is 70.3 Å². The molecular formula is C7H13NO3. The quantitative estimate of drug-likeness (QED) is 0.594. The molecule has 0 amide bonds. The lowest BCUT2D eigenvalue weighted by Crippen LogP contribution is -2.01. The van der Waals surface area contributed by atoms with Crippen molar-refractivity contribution in [3.63, 3.8) is 0 Å². The molecule has 0 aliphatic carbocycles. The van der Waals surface area contributed by atoms with Crippen molar-refractivity contribution >= 4 is 5.97 Å². The molecule has 0 radical (unpaired) electrons. The van der Waals surface area contributed by atoms with E-state index < -0.39 is 5.97 Å². The van der Waals surface area contributed by atoms with Crippen LogP contribution in [0.5, 0.6) is 0 Å². The minimum Gasteiger partial charge on any atom is -0.465 e. The lowest BCUT2D eigenvalue weighted by molar-refractivity contribution is -0.141. The van der Waals surface area contributed by atoms with Crippen LogP contribution in [0.4, 0.5) is 0 Å². The SMILES string of the molecule is CCO.CCOC(=O)CC#N. The first-order chi connectivity index (χ1) is 5.22. The number of rotatable bonds is 2. The Morgan fingerprint density at radius 2 is 2.09 bits per heavy atom. The maximum atomic E-state index is 10.2. The fraction of sp³-hybridized carbons (Fsp3) is 0.714. The number of ether oxygens (including phenoxy) is 1. The van der Waals surface area contributed by atoms with Gasteiger partial charge in [0.25, 0.3) is 0 Å². The molecule has 4 nitrogen and oxygen atoms in total. The van der Waals surface area contributed by atoms with E-state index in [1.165, 1.54) is 0 Å². The molecule has 0 aliphatic heterocycles. The molecule has 64 valence electrons. The molecule has 0 fully saturated rings. The van der Waals surface area contributed by atoms with Gasteiger partial charge in [0.1, 0.15) is 6.42 Å². The fourth-order valence-corrected chi connectivity index (χ4v) is 0.277. The van der Waals surface area contributed by atoms with Crippen molar-refractivity contribution in [1.29, 1.82) is 5.26 Å². The van der Waals surface area contributed by atoms with Crippen LogP contribution in [0.1, 0.15) is 20.3 Å². The Morgan fingerprint density at radius 1 is 1.64 bits per heavy atom. The molecule has 4 heteroatoms. The number of hydrogen-bond acceptors (Lipinski definition) is 4. The Balaban J connectivity index is 0. The van der Waals surface area contributed by atoms with Crippen molar-refractivity contribution in [3.05, 3.63) is 0 Å². The van der Waals surface area contributed by atoms with E-state index >= 15 is 0 Å². The number of nitriles is 1. The highest BCUT2D eigenvalue weighted by Crippen LogP contribution is 1.81. The van der Waals surface area contributed by atoms with Gasteiger partial charge in [-0.1, -0.05) is 0 Å². The van der Waals surface area contributed by atoms with E-state index in [4.69, 9.17) is 10.4 Å². The summed E-state index contributed by atoms with van der Waals surface area (Å²) in [6.45, 7) is 3.98. The van der Waals surface area contributed by atoms with Crippen LogP contribution in [-0.4, -0.2) is 24.3 Å². The molecule has 0 spiro atoms. The van der Waals surface area contributed by atoms with Crippen molar-refractivity contribution in [2.75, 3.05) is 13.2 Å². The van der Waals surface area contributed by atoms with Crippen LogP contribution < -0.4 is 0 Å². The maximum absolute atomic E-state index is 10.2. The third kappa shape index (κ3) is 17.6. The number of aliphatic hydroxyl groups excluding tert-OH is 1. The standard InChI is InChI=1S/C5H7NO2.C2H6O/c1-2-8-5(7)3-4-6;1-2-3/h2-3H2,1H3;3H,2H2,1H3. The molecule has 11 heavy (non-hydrogen) atoms. The zero-order valence-electron chi connectivity index (χ0n) is 6.83. The van der Waals surface area contributed by atoms with Gasteiger partial charge in [0.15, 0.2) is 0 Å². The fourth-order valence-electron chi connectivity index (χ4n) is 0.277. The third-order valence-electron chi connectivity index (χ3n) is 0.529. The maximum Gasteiger partial charge on any atom is 0.320 e. The average molecular weight is 159 g/mol. The van der Waals surface area contributed by atoms with E-state index in [-0.39, 0.29) is 13.0 Å². The highest BCUT2D eigenvalue weighted by atomic mass is 16.5. The predicted octanol–water partition coefficient (Wildman–Crippen LogP) is 0.462. The predicted molar refractivity (Wildman–Crippen MR) is 39.6 cm³/mol. The summed E-state index contributed by atoms with van der Waals surface area (Å²) < 4.78 is 4.42. The van der Waals surface area contributed by atoms with Crippen LogP contribution in [0.15, 0.2) is 0 Å². The van der Waals surface area contributed by atoms with Gasteiger partial charge in [-0.05, 0) is 13.8 Å². The number of aliphatic hydroxyl groups is 1. The first-order valence-electron chi connectivity index (χ1n) is 3.36. The molecule has 0 aromatic heterocycles. The van der Waals surface area contributed by atoms with Crippen LogP contribution in [0.3, 0.4) is 0 Å². The highest BCUT2D eigenvalue weighted by Gasteiger charge is 1.95. The Labute approximate surface area is 66.4 Å². The molecule has 0 rings (SSSR count). The van der Waals surface area contributed by atoms with Crippen LogP contribution in [-0.2, 0) is 9.53 Å². The highest BCUT2D eigenvalue weighted by molar-refractivity contribution is 5.71. The minimum absolute atomic E-state index is 0.145. The molecule has 0 heterocycles. The largest absolute Gasteiger partial charge is 0.465 e. The second kappa shape index (κ2) is 11.7. The Hall–Kier alpha value is -1.08. The zero-order chi connectivity index (χ0) is 9.11. The van der Waals surface area contributed by atoms with Gasteiger partial charge in [0.2, 0.25) is 0 Å². The van der Waals surface area contributed by atoms with Crippen molar-refractivity contribution in [3.8, 4) is 6.07 Å². The van der Waals surface area contributed by atoms with Crippen LogP contribution in [0.2, 0.25) is 0 Å². The monoisotopic (exact) mass is 159 g/mol. The zero-order valence-corrected chi connectivity index (χ0v) is 6.83. The van der Waals surface area contributed by atoms with E-state index in [9.17, 15) is 4.79 Å². The van der Waals surface area contributed by atoms with Crippen molar-refractivity contribution in [2.24, 2.45) is 0 Å². The summed E-state index contributed by atoms with van der Waals surface area (Å²) in [5, 5.41) is 15.5. The van der Waals surface area contributed by atoms with Crippen LogP contribution in [0.25, 0.3) is 0 Å². The van der Waals surface area contributed by atoms with Gasteiger partial charge in [0.05, 0.1) is 12.7 Å². The number of esters is 1. The smallest absolute Gasteiger partial charge is 0.320 e. The molecule has 0 saturated heterocycles. The molecule has 0 aromatic carbocycles. The molecule has 1 N–H and O–H groups in total. The van der Waals surface area contributed by atoms with E-state index in [2.05, 4.69) is 4.74 Å². The van der Waals surface area contributed by atoms with Gasteiger partial charge in [-0.15, -0.1) is 0 Å². The normalized spacial score (nSPS) is 7.09. The first kappa shape index (κ1) is 12.6. The molecule has 0 unspecified atom stereocenters. The summed E-state index contributed by atoms with van der Waals surface area (Å²) in [4.78, 5) is 10.2. The van der Waals surface area contributed by atoms with Gasteiger partial charge in [0, 0.05) is 6.61 Å². The number of nitrogens with zero attached hydrogens (tertiary/aromatic N) is 1. The second-order valence-corrected chi connectivity index (χ2v) is 1.46. The summed E-state index contributed by atoms with van der Waals surface area (Å²) in [5.74, 6) is -0.449. The summed E-state index contributed by atoms with van der Waals surface area (Å²) in [5.41, 5.74) is 0. The second-order valence-electron chi connectivity index (χ2n) is 1.46. The summed E-state index contributed by atoms with van der Waals surface area (Å²) >= 11 is 0. The number of carbonyl (C=O) groups is 1. The lowest BCUT2D eigenvalue weighted by Gasteiger charge is -1.92. The number of hydrogen-bond donors (Lipinski definition) is 1. The van der Waals surface area contributed by atoms with E-state index in [0.717, 1.165) is 0 Å². The Morgan fingerprint density at radius 3 is 2.36 bits per heavy atom. The van der Waals surface area contributed by atoms with Gasteiger partial charge < -0.3 is 9.84 Å².